The van der Waals surface area contributed by atoms with E-state index in [4.69, 9.17) is 9.72 Å². The summed E-state index contributed by atoms with van der Waals surface area (Å²) in [6, 6.07) is 11.9. The van der Waals surface area contributed by atoms with E-state index < -0.39 is 0 Å². The molecule has 0 fully saturated rings. The molecule has 0 atom stereocenters. The normalized spacial score (nSPS) is 11.1. The summed E-state index contributed by atoms with van der Waals surface area (Å²) in [5, 5.41) is 0.856. The van der Waals surface area contributed by atoms with Gasteiger partial charge in [0.2, 0.25) is 5.88 Å². The van der Waals surface area contributed by atoms with Gasteiger partial charge in [-0.1, -0.05) is 44.4 Å². The zero-order valence-corrected chi connectivity index (χ0v) is 16.7. The van der Waals surface area contributed by atoms with Crippen LogP contribution in [0.5, 0.6) is 5.88 Å². The fraction of sp³-hybridized carbons (Fsp3) is 0.300. The molecule has 1 aromatic carbocycles. The zero-order valence-electron chi connectivity index (χ0n) is 15.1. The van der Waals surface area contributed by atoms with Crippen LogP contribution in [0.4, 0.5) is 0 Å². The molecule has 0 aliphatic heterocycles. The first-order valence-electron chi connectivity index (χ1n) is 9.13. The van der Waals surface area contributed by atoms with E-state index in [-0.39, 0.29) is 0 Å². The number of nitrogens with zero attached hydrogens (tertiary/aromatic N) is 4. The van der Waals surface area contributed by atoms with Crippen molar-refractivity contribution in [3.05, 3.63) is 42.6 Å². The molecule has 0 saturated carbocycles. The molecule has 7 heteroatoms. The molecule has 0 spiro atoms. The SMILES string of the molecule is CCCCCCOc1nc(-c2ccccn2)sc1-c1cccc2nsnc12. The lowest BCUT2D eigenvalue weighted by atomic mass is 10.1. The predicted octanol–water partition coefficient (Wildman–Crippen LogP) is 5.84. The van der Waals surface area contributed by atoms with Gasteiger partial charge in [-0.2, -0.15) is 13.7 Å². The van der Waals surface area contributed by atoms with Gasteiger partial charge in [0.25, 0.3) is 0 Å². The molecule has 0 aliphatic rings. The van der Waals surface area contributed by atoms with Crippen molar-refractivity contribution >= 4 is 34.1 Å². The van der Waals surface area contributed by atoms with Crippen molar-refractivity contribution in [3.8, 4) is 27.0 Å². The largest absolute Gasteiger partial charge is 0.477 e. The highest BCUT2D eigenvalue weighted by Gasteiger charge is 2.19. The van der Waals surface area contributed by atoms with Crippen LogP contribution in [-0.4, -0.2) is 25.3 Å². The first-order valence-corrected chi connectivity index (χ1v) is 10.7. The Morgan fingerprint density at radius 2 is 1.96 bits per heavy atom. The lowest BCUT2D eigenvalue weighted by Crippen LogP contribution is -1.98. The van der Waals surface area contributed by atoms with Gasteiger partial charge in [0.15, 0.2) is 0 Å². The van der Waals surface area contributed by atoms with Crippen LogP contribution in [0.1, 0.15) is 32.6 Å². The van der Waals surface area contributed by atoms with Crippen molar-refractivity contribution < 1.29 is 4.74 Å². The van der Waals surface area contributed by atoms with E-state index in [2.05, 4.69) is 26.7 Å². The van der Waals surface area contributed by atoms with E-state index in [0.29, 0.717) is 12.5 Å². The highest BCUT2D eigenvalue weighted by Crippen LogP contribution is 2.41. The fourth-order valence-corrected chi connectivity index (χ4v) is 4.42. The molecule has 0 radical (unpaired) electrons. The molecule has 4 rings (SSSR count). The van der Waals surface area contributed by atoms with Gasteiger partial charge in [0.1, 0.15) is 20.9 Å². The lowest BCUT2D eigenvalue weighted by molar-refractivity contribution is 0.297. The number of thiazole rings is 1. The van der Waals surface area contributed by atoms with Crippen LogP contribution in [0.15, 0.2) is 42.6 Å². The highest BCUT2D eigenvalue weighted by molar-refractivity contribution is 7.18. The summed E-state index contributed by atoms with van der Waals surface area (Å²) < 4.78 is 14.9. The molecule has 0 N–H and O–H groups in total. The second kappa shape index (κ2) is 8.54. The van der Waals surface area contributed by atoms with Gasteiger partial charge in [0.05, 0.1) is 24.0 Å². The van der Waals surface area contributed by atoms with Gasteiger partial charge in [-0.05, 0) is 24.6 Å². The number of ether oxygens (including phenoxy) is 1. The van der Waals surface area contributed by atoms with Gasteiger partial charge < -0.3 is 4.74 Å². The second-order valence-electron chi connectivity index (χ2n) is 6.21. The van der Waals surface area contributed by atoms with Crippen LogP contribution in [0.25, 0.3) is 32.2 Å². The standard InChI is InChI=1S/C20H20N4OS2/c1-2-3-4-7-13-25-19-18(14-9-8-11-15-17(14)24-27-23-15)26-20(22-19)16-10-5-6-12-21-16/h5-6,8-12H,2-4,7,13H2,1H3. The maximum absolute atomic E-state index is 6.09. The van der Waals surface area contributed by atoms with E-state index in [1.54, 1.807) is 17.5 Å². The van der Waals surface area contributed by atoms with Crippen LogP contribution in [0, 0.1) is 0 Å². The second-order valence-corrected chi connectivity index (χ2v) is 7.74. The van der Waals surface area contributed by atoms with Crippen molar-refractivity contribution in [2.75, 3.05) is 6.61 Å². The van der Waals surface area contributed by atoms with Crippen LogP contribution in [0.2, 0.25) is 0 Å². The van der Waals surface area contributed by atoms with Crippen molar-refractivity contribution in [1.82, 2.24) is 18.7 Å². The number of fused-ring (bicyclic) bond motifs is 1. The number of hydrogen-bond donors (Lipinski definition) is 0. The van der Waals surface area contributed by atoms with Crippen molar-refractivity contribution in [1.29, 1.82) is 0 Å². The third-order valence-corrected chi connectivity index (χ3v) is 5.88. The van der Waals surface area contributed by atoms with Crippen molar-refractivity contribution in [2.24, 2.45) is 0 Å². The smallest absolute Gasteiger partial charge is 0.233 e. The number of benzene rings is 1. The first-order chi connectivity index (χ1) is 13.4. The summed E-state index contributed by atoms with van der Waals surface area (Å²) in [7, 11) is 0. The molecule has 4 aromatic rings. The Kier molecular flexibility index (Phi) is 5.69. The first kappa shape index (κ1) is 18.0. The molecular formula is C20H20N4OS2. The van der Waals surface area contributed by atoms with E-state index in [0.717, 1.165) is 38.6 Å². The molecule has 3 heterocycles. The molecule has 0 aliphatic carbocycles. The molecule has 0 amide bonds. The fourth-order valence-electron chi connectivity index (χ4n) is 2.86. The van der Waals surface area contributed by atoms with Crippen molar-refractivity contribution in [3.63, 3.8) is 0 Å². The van der Waals surface area contributed by atoms with Gasteiger partial charge in [0, 0.05) is 11.8 Å². The van der Waals surface area contributed by atoms with Crippen LogP contribution in [0.3, 0.4) is 0 Å². The minimum atomic E-state index is 0.664. The summed E-state index contributed by atoms with van der Waals surface area (Å²) in [4.78, 5) is 10.2. The van der Waals surface area contributed by atoms with Crippen LogP contribution in [-0.2, 0) is 0 Å². The third kappa shape index (κ3) is 3.99. The predicted molar refractivity (Wildman–Crippen MR) is 111 cm³/mol. The maximum atomic E-state index is 6.09. The van der Waals surface area contributed by atoms with Gasteiger partial charge in [-0.3, -0.25) is 4.98 Å². The number of hydrogen-bond acceptors (Lipinski definition) is 7. The van der Waals surface area contributed by atoms with Crippen molar-refractivity contribution in [2.45, 2.75) is 32.6 Å². The summed E-state index contributed by atoms with van der Waals surface area (Å²) >= 11 is 2.82. The molecule has 0 bridgehead atoms. The topological polar surface area (TPSA) is 60.8 Å². The van der Waals surface area contributed by atoms with E-state index in [1.807, 2.05) is 30.3 Å². The molecule has 5 nitrogen and oxygen atoms in total. The Balaban J connectivity index is 1.70. The Morgan fingerprint density at radius 1 is 1.00 bits per heavy atom. The average molecular weight is 397 g/mol. The van der Waals surface area contributed by atoms with E-state index in [1.165, 1.54) is 31.0 Å². The Morgan fingerprint density at radius 3 is 2.81 bits per heavy atom. The summed E-state index contributed by atoms with van der Waals surface area (Å²) in [5.74, 6) is 0.664. The molecule has 0 unspecified atom stereocenters. The molecule has 138 valence electrons. The number of rotatable bonds is 8. The summed E-state index contributed by atoms with van der Waals surface area (Å²) in [6.45, 7) is 2.88. The summed E-state index contributed by atoms with van der Waals surface area (Å²) in [5.41, 5.74) is 3.67. The number of pyridine rings is 1. The minimum Gasteiger partial charge on any atom is -0.477 e. The van der Waals surface area contributed by atoms with Gasteiger partial charge in [-0.15, -0.1) is 11.3 Å². The molecule has 3 aromatic heterocycles. The van der Waals surface area contributed by atoms with E-state index >= 15 is 0 Å². The lowest BCUT2D eigenvalue weighted by Gasteiger charge is -2.06. The van der Waals surface area contributed by atoms with Crippen LogP contribution >= 0.6 is 23.1 Å². The number of aromatic nitrogens is 4. The number of unbranched alkanes of at least 4 members (excludes halogenated alkanes) is 3. The molecular weight excluding hydrogens is 376 g/mol. The highest BCUT2D eigenvalue weighted by atomic mass is 32.1. The quantitative estimate of drug-likeness (QED) is 0.350. The third-order valence-electron chi connectivity index (χ3n) is 4.25. The van der Waals surface area contributed by atoms with Gasteiger partial charge in [-0.25, -0.2) is 0 Å². The molecule has 27 heavy (non-hydrogen) atoms. The Bertz CT molecular complexity index is 1010. The Labute approximate surface area is 166 Å². The monoisotopic (exact) mass is 396 g/mol. The van der Waals surface area contributed by atoms with E-state index in [9.17, 15) is 0 Å². The van der Waals surface area contributed by atoms with Crippen LogP contribution < -0.4 is 4.74 Å². The Hall–Kier alpha value is -2.38. The summed E-state index contributed by atoms with van der Waals surface area (Å²) in [6.07, 6.45) is 6.44. The average Bonchev–Trinajstić information content (AvgIpc) is 3.35. The zero-order chi connectivity index (χ0) is 18.5. The maximum Gasteiger partial charge on any atom is 0.233 e. The van der Waals surface area contributed by atoms with Gasteiger partial charge >= 0.3 is 0 Å². The molecule has 0 saturated heterocycles. The minimum absolute atomic E-state index is 0.664.